The molecule has 10 heteroatoms. The second-order valence-electron chi connectivity index (χ2n) is 7.49. The monoisotopic (exact) mass is 455 g/mol. The minimum Gasteiger partial charge on any atom is -0.481 e. The number of ether oxygens (including phenoxy) is 2. The van der Waals surface area contributed by atoms with E-state index >= 15 is 0 Å². The maximum Gasteiger partial charge on any atom is 0.288 e. The Bertz CT molecular complexity index is 1220. The van der Waals surface area contributed by atoms with Crippen LogP contribution >= 0.6 is 0 Å². The van der Waals surface area contributed by atoms with Crippen molar-refractivity contribution >= 4 is 17.6 Å². The summed E-state index contributed by atoms with van der Waals surface area (Å²) in [6, 6.07) is 6.57. The summed E-state index contributed by atoms with van der Waals surface area (Å²) in [6.45, 7) is 1.63. The van der Waals surface area contributed by atoms with Crippen molar-refractivity contribution in [3.05, 3.63) is 82.7 Å². The van der Waals surface area contributed by atoms with Gasteiger partial charge in [-0.15, -0.1) is 0 Å². The summed E-state index contributed by atoms with van der Waals surface area (Å²) < 4.78 is 37.3. The first-order valence-electron chi connectivity index (χ1n) is 9.97. The topological polar surface area (TPSA) is 97.8 Å². The van der Waals surface area contributed by atoms with Crippen LogP contribution in [0.25, 0.3) is 0 Å². The average Bonchev–Trinajstić information content (AvgIpc) is 3.27. The number of pyridine rings is 1. The lowest BCUT2D eigenvalue weighted by Gasteiger charge is -2.27. The van der Waals surface area contributed by atoms with E-state index in [4.69, 9.17) is 9.47 Å². The number of nitrogens with zero attached hydrogens (tertiary/aromatic N) is 2. The highest BCUT2D eigenvalue weighted by Crippen LogP contribution is 2.34. The van der Waals surface area contributed by atoms with Crippen LogP contribution in [0, 0.1) is 17.6 Å². The molecular formula is C23H19F2N3O5. The number of carbonyl (C=O) groups is 3. The Balaban J connectivity index is 1.49. The molecule has 0 bridgehead atoms. The average molecular weight is 455 g/mol. The van der Waals surface area contributed by atoms with Crippen LogP contribution in [0.2, 0.25) is 0 Å². The van der Waals surface area contributed by atoms with Crippen LogP contribution in [-0.2, 0) is 32.1 Å². The molecule has 1 unspecified atom stereocenters. The minimum absolute atomic E-state index is 0.0396. The fourth-order valence-electron chi connectivity index (χ4n) is 3.55. The first-order valence-corrected chi connectivity index (χ1v) is 9.97. The fourth-order valence-corrected chi connectivity index (χ4v) is 3.55. The van der Waals surface area contributed by atoms with E-state index in [1.54, 1.807) is 12.1 Å². The molecule has 0 spiro atoms. The molecule has 0 fully saturated rings. The van der Waals surface area contributed by atoms with Gasteiger partial charge in [-0.05, 0) is 42.7 Å². The number of aromatic nitrogens is 1. The summed E-state index contributed by atoms with van der Waals surface area (Å²) in [5.41, 5.74) is 1.19. The van der Waals surface area contributed by atoms with Crippen molar-refractivity contribution in [1.29, 1.82) is 0 Å². The first kappa shape index (κ1) is 22.1. The smallest absolute Gasteiger partial charge is 0.288 e. The molecule has 0 aliphatic carbocycles. The zero-order valence-electron chi connectivity index (χ0n) is 17.7. The van der Waals surface area contributed by atoms with Gasteiger partial charge < -0.3 is 14.8 Å². The third-order valence-electron chi connectivity index (χ3n) is 5.32. The van der Waals surface area contributed by atoms with Gasteiger partial charge in [-0.3, -0.25) is 19.3 Å². The van der Waals surface area contributed by atoms with Gasteiger partial charge in [0.15, 0.2) is 17.4 Å². The van der Waals surface area contributed by atoms with Gasteiger partial charge in [-0.25, -0.2) is 13.8 Å². The number of Topliss-reactive ketones (excluding diaryl/α,β-unsaturated/α-hetero) is 1. The molecule has 1 aromatic heterocycles. The molecule has 2 amide bonds. The summed E-state index contributed by atoms with van der Waals surface area (Å²) in [7, 11) is 1.48. The van der Waals surface area contributed by atoms with Crippen LogP contribution in [0.15, 0.2) is 59.9 Å². The summed E-state index contributed by atoms with van der Waals surface area (Å²) in [6.07, 6.45) is 2.64. The molecule has 0 saturated heterocycles. The molecule has 33 heavy (non-hydrogen) atoms. The maximum absolute atomic E-state index is 13.5. The SMILES string of the molecule is COc1cc(CNC(=O)C2=CN3C(=O)C(Cc4ccc(F)c(F)c4)C(=O)C(C)=C3O2)ccn1. The van der Waals surface area contributed by atoms with Crippen molar-refractivity contribution in [3.63, 3.8) is 0 Å². The summed E-state index contributed by atoms with van der Waals surface area (Å²) in [5, 5.41) is 2.67. The molecule has 2 aliphatic heterocycles. The molecule has 1 aromatic carbocycles. The summed E-state index contributed by atoms with van der Waals surface area (Å²) >= 11 is 0. The molecule has 1 atom stereocenters. The van der Waals surface area contributed by atoms with Crippen LogP contribution in [0.5, 0.6) is 5.88 Å². The number of ketones is 1. The summed E-state index contributed by atoms with van der Waals surface area (Å²) in [5.74, 6) is -4.74. The van der Waals surface area contributed by atoms with Crippen molar-refractivity contribution in [2.75, 3.05) is 7.11 Å². The number of benzene rings is 1. The van der Waals surface area contributed by atoms with Crippen LogP contribution in [-0.4, -0.2) is 34.6 Å². The number of nitrogens with one attached hydrogen (secondary N) is 1. The van der Waals surface area contributed by atoms with E-state index < -0.39 is 35.1 Å². The number of amides is 2. The van der Waals surface area contributed by atoms with E-state index in [1.165, 1.54) is 32.5 Å². The van der Waals surface area contributed by atoms with E-state index in [0.29, 0.717) is 11.4 Å². The van der Waals surface area contributed by atoms with Gasteiger partial charge in [0.2, 0.25) is 23.4 Å². The molecule has 2 aromatic rings. The molecular weight excluding hydrogens is 436 g/mol. The number of allylic oxidation sites excluding steroid dienone is 1. The molecule has 3 heterocycles. The largest absolute Gasteiger partial charge is 0.481 e. The summed E-state index contributed by atoms with van der Waals surface area (Å²) in [4.78, 5) is 43.4. The van der Waals surface area contributed by atoms with Gasteiger partial charge in [0.25, 0.3) is 5.91 Å². The van der Waals surface area contributed by atoms with Gasteiger partial charge in [0, 0.05) is 18.8 Å². The standard InChI is InChI=1S/C23H19F2N3O5/c1-12-20(29)15(7-13-3-4-16(24)17(25)8-13)22(31)28-11-18(33-23(12)28)21(30)27-10-14-5-6-26-19(9-14)32-2/h3-6,8-9,11,15H,7,10H2,1-2H3,(H,27,30). The van der Waals surface area contributed by atoms with Crippen molar-refractivity contribution in [3.8, 4) is 5.88 Å². The lowest BCUT2D eigenvalue weighted by Crippen LogP contribution is -2.41. The number of hydrogen-bond acceptors (Lipinski definition) is 6. The van der Waals surface area contributed by atoms with E-state index in [0.717, 1.165) is 22.6 Å². The van der Waals surface area contributed by atoms with Crippen LogP contribution < -0.4 is 10.1 Å². The number of methoxy groups -OCH3 is 1. The van der Waals surface area contributed by atoms with Gasteiger partial charge in [0.05, 0.1) is 18.9 Å². The number of carbonyl (C=O) groups excluding carboxylic acids is 3. The zero-order valence-corrected chi connectivity index (χ0v) is 17.7. The molecule has 2 aliphatic rings. The number of rotatable bonds is 6. The Hall–Kier alpha value is -4.08. The molecule has 1 N–H and O–H groups in total. The first-order chi connectivity index (χ1) is 15.8. The lowest BCUT2D eigenvalue weighted by atomic mass is 9.88. The number of halogens is 2. The Morgan fingerprint density at radius 1 is 1.18 bits per heavy atom. The van der Waals surface area contributed by atoms with Crippen LogP contribution in [0.3, 0.4) is 0 Å². The fraction of sp³-hybridized carbons (Fsp3) is 0.217. The van der Waals surface area contributed by atoms with Gasteiger partial charge in [0.1, 0.15) is 5.92 Å². The second-order valence-corrected chi connectivity index (χ2v) is 7.49. The third kappa shape index (κ3) is 4.32. The second kappa shape index (κ2) is 8.81. The molecule has 0 radical (unpaired) electrons. The van der Waals surface area contributed by atoms with Crippen LogP contribution in [0.1, 0.15) is 18.1 Å². The highest BCUT2D eigenvalue weighted by Gasteiger charge is 2.44. The minimum atomic E-state index is -1.15. The van der Waals surface area contributed by atoms with Gasteiger partial charge in [-0.1, -0.05) is 6.07 Å². The molecule has 8 nitrogen and oxygen atoms in total. The lowest BCUT2D eigenvalue weighted by molar-refractivity contribution is -0.139. The Morgan fingerprint density at radius 3 is 2.70 bits per heavy atom. The van der Waals surface area contributed by atoms with E-state index in [-0.39, 0.29) is 30.2 Å². The van der Waals surface area contributed by atoms with Crippen molar-refractivity contribution < 1.29 is 32.6 Å². The van der Waals surface area contributed by atoms with Gasteiger partial charge >= 0.3 is 0 Å². The quantitative estimate of drug-likeness (QED) is 0.672. The molecule has 4 rings (SSSR count). The van der Waals surface area contributed by atoms with Gasteiger partial charge in [-0.2, -0.15) is 0 Å². The predicted octanol–water partition coefficient (Wildman–Crippen LogP) is 2.36. The number of fused-ring (bicyclic) bond motifs is 1. The van der Waals surface area contributed by atoms with E-state index in [9.17, 15) is 23.2 Å². The van der Waals surface area contributed by atoms with E-state index in [2.05, 4.69) is 10.3 Å². The third-order valence-corrected chi connectivity index (χ3v) is 5.32. The Labute approximate surface area is 187 Å². The van der Waals surface area contributed by atoms with Crippen molar-refractivity contribution in [1.82, 2.24) is 15.2 Å². The normalized spacial score (nSPS) is 17.5. The Morgan fingerprint density at radius 2 is 1.97 bits per heavy atom. The van der Waals surface area contributed by atoms with Crippen molar-refractivity contribution in [2.24, 2.45) is 5.92 Å². The Kier molecular flexibility index (Phi) is 5.91. The molecule has 0 saturated carbocycles. The molecule has 170 valence electrons. The number of hydrogen-bond donors (Lipinski definition) is 1. The van der Waals surface area contributed by atoms with Crippen molar-refractivity contribution in [2.45, 2.75) is 19.9 Å². The van der Waals surface area contributed by atoms with E-state index in [1.807, 2.05) is 0 Å². The van der Waals surface area contributed by atoms with Crippen LogP contribution in [0.4, 0.5) is 8.78 Å². The zero-order chi connectivity index (χ0) is 23.7. The highest BCUT2D eigenvalue weighted by atomic mass is 19.2. The highest BCUT2D eigenvalue weighted by molar-refractivity contribution is 6.13. The maximum atomic E-state index is 13.5. The predicted molar refractivity (Wildman–Crippen MR) is 110 cm³/mol.